The van der Waals surface area contributed by atoms with E-state index in [1.807, 2.05) is 36.2 Å². The lowest BCUT2D eigenvalue weighted by Crippen LogP contribution is -2.41. The first-order chi connectivity index (χ1) is 14.1. The maximum Gasteiger partial charge on any atom is 0.263 e. The van der Waals surface area contributed by atoms with Crippen molar-refractivity contribution in [2.24, 2.45) is 0 Å². The van der Waals surface area contributed by atoms with Crippen LogP contribution in [-0.4, -0.2) is 59.7 Å². The summed E-state index contributed by atoms with van der Waals surface area (Å²) in [5, 5.41) is 0. The third-order valence-electron chi connectivity index (χ3n) is 5.99. The fraction of sp³-hybridized carbons (Fsp3) is 0.478. The molecule has 0 unspecified atom stereocenters. The lowest BCUT2D eigenvalue weighted by atomic mass is 10.0. The van der Waals surface area contributed by atoms with Crippen molar-refractivity contribution in [3.63, 3.8) is 0 Å². The average molecular weight is 396 g/mol. The zero-order valence-corrected chi connectivity index (χ0v) is 17.1. The van der Waals surface area contributed by atoms with Crippen molar-refractivity contribution in [2.45, 2.75) is 32.9 Å². The zero-order valence-electron chi connectivity index (χ0n) is 17.1. The fourth-order valence-corrected chi connectivity index (χ4v) is 4.21. The molecule has 6 heteroatoms. The van der Waals surface area contributed by atoms with Crippen LogP contribution in [0.15, 0.2) is 41.3 Å². The first kappa shape index (κ1) is 19.9. The highest BCUT2D eigenvalue weighted by Crippen LogP contribution is 2.20. The van der Waals surface area contributed by atoms with Gasteiger partial charge in [0.25, 0.3) is 11.5 Å². The molecule has 2 aliphatic heterocycles. The van der Waals surface area contributed by atoms with Gasteiger partial charge >= 0.3 is 0 Å². The van der Waals surface area contributed by atoms with Crippen molar-refractivity contribution in [3.8, 4) is 0 Å². The Morgan fingerprint density at radius 1 is 1.03 bits per heavy atom. The van der Waals surface area contributed by atoms with Gasteiger partial charge in [0.2, 0.25) is 0 Å². The third kappa shape index (κ3) is 4.43. The number of carbonyl (C=O) groups excluding carboxylic acids is 1. The summed E-state index contributed by atoms with van der Waals surface area (Å²) in [5.74, 6) is -0.148. The second-order valence-electron chi connectivity index (χ2n) is 7.93. The second-order valence-corrected chi connectivity index (χ2v) is 7.93. The smallest absolute Gasteiger partial charge is 0.263 e. The van der Waals surface area contributed by atoms with E-state index in [9.17, 15) is 9.59 Å². The van der Waals surface area contributed by atoms with E-state index in [0.29, 0.717) is 25.2 Å². The van der Waals surface area contributed by atoms with Gasteiger partial charge in [-0.1, -0.05) is 24.3 Å². The second kappa shape index (κ2) is 8.93. The lowest BCUT2D eigenvalue weighted by molar-refractivity contribution is 0.0362. The van der Waals surface area contributed by atoms with Crippen molar-refractivity contribution in [1.29, 1.82) is 0 Å². The molecule has 0 radical (unpaired) electrons. The van der Waals surface area contributed by atoms with Gasteiger partial charge in [-0.15, -0.1) is 0 Å². The molecule has 1 amide bonds. The fourth-order valence-electron chi connectivity index (χ4n) is 4.21. The van der Waals surface area contributed by atoms with Crippen molar-refractivity contribution < 1.29 is 9.53 Å². The first-order valence-corrected chi connectivity index (χ1v) is 10.5. The molecule has 0 bridgehead atoms. The number of aryl methyl sites for hydroxylation is 2. The number of ether oxygens (including phenoxy) is 1. The quantitative estimate of drug-likeness (QED) is 0.795. The Hall–Kier alpha value is -2.44. The third-order valence-corrected chi connectivity index (χ3v) is 5.99. The van der Waals surface area contributed by atoms with Crippen LogP contribution in [0.25, 0.3) is 0 Å². The molecule has 1 saturated heterocycles. The summed E-state index contributed by atoms with van der Waals surface area (Å²) in [7, 11) is 0. The van der Waals surface area contributed by atoms with Crippen LogP contribution in [0.5, 0.6) is 0 Å². The van der Waals surface area contributed by atoms with E-state index in [0.717, 1.165) is 51.3 Å². The Labute approximate surface area is 171 Å². The van der Waals surface area contributed by atoms with Crippen LogP contribution in [0.4, 0.5) is 0 Å². The molecule has 6 nitrogen and oxygen atoms in total. The molecule has 0 saturated carbocycles. The van der Waals surface area contributed by atoms with Gasteiger partial charge in [0.15, 0.2) is 0 Å². The number of benzene rings is 1. The molecule has 2 aliphatic rings. The Balaban J connectivity index is 1.54. The van der Waals surface area contributed by atoms with Gasteiger partial charge in [-0.25, -0.2) is 0 Å². The highest BCUT2D eigenvalue weighted by Gasteiger charge is 2.24. The highest BCUT2D eigenvalue weighted by molar-refractivity contribution is 5.95. The van der Waals surface area contributed by atoms with Gasteiger partial charge in [0.1, 0.15) is 5.56 Å². The summed E-state index contributed by atoms with van der Waals surface area (Å²) in [6, 6.07) is 10.2. The van der Waals surface area contributed by atoms with E-state index >= 15 is 0 Å². The molecule has 2 aromatic rings. The van der Waals surface area contributed by atoms with Crippen LogP contribution in [0.3, 0.4) is 0 Å². The number of aromatic nitrogens is 1. The van der Waals surface area contributed by atoms with Crippen LogP contribution in [0.2, 0.25) is 0 Å². The average Bonchev–Trinajstić information content (AvgIpc) is 2.96. The van der Waals surface area contributed by atoms with Crippen LogP contribution >= 0.6 is 0 Å². The lowest BCUT2D eigenvalue weighted by Gasteiger charge is -2.27. The molecule has 4 rings (SSSR count). The predicted molar refractivity (Wildman–Crippen MR) is 112 cm³/mol. The molecule has 0 aliphatic carbocycles. The molecular formula is C23H29N3O3. The van der Waals surface area contributed by atoms with E-state index in [4.69, 9.17) is 4.74 Å². The molecule has 0 atom stereocenters. The summed E-state index contributed by atoms with van der Waals surface area (Å²) in [5.41, 5.74) is 3.37. The summed E-state index contributed by atoms with van der Waals surface area (Å²) in [6.07, 6.45) is 3.70. The van der Waals surface area contributed by atoms with Gasteiger partial charge in [-0.2, -0.15) is 0 Å². The standard InChI is InChI=1S/C23H29N3O3/c1-18-8-10-25(12-11-24-13-15-29-16-14-24)22(27)21(18)23(28)26-9-4-7-19-5-2-3-6-20(19)17-26/h2-3,5-6,8,10H,4,7,9,11-17H2,1H3. The van der Waals surface area contributed by atoms with E-state index < -0.39 is 0 Å². The normalized spacial score (nSPS) is 17.6. The van der Waals surface area contributed by atoms with E-state index in [-0.39, 0.29) is 11.5 Å². The number of hydrogen-bond acceptors (Lipinski definition) is 4. The highest BCUT2D eigenvalue weighted by atomic mass is 16.5. The maximum absolute atomic E-state index is 13.3. The predicted octanol–water partition coefficient (Wildman–Crippen LogP) is 2.08. The Kier molecular flexibility index (Phi) is 6.11. The minimum Gasteiger partial charge on any atom is -0.379 e. The van der Waals surface area contributed by atoms with Gasteiger partial charge in [0.05, 0.1) is 13.2 Å². The molecular weight excluding hydrogens is 366 g/mol. The number of pyridine rings is 1. The monoisotopic (exact) mass is 395 g/mol. The van der Waals surface area contributed by atoms with E-state index in [2.05, 4.69) is 17.0 Å². The van der Waals surface area contributed by atoms with Crippen LogP contribution in [0.1, 0.15) is 33.5 Å². The maximum atomic E-state index is 13.3. The molecule has 3 heterocycles. The number of hydrogen-bond donors (Lipinski definition) is 0. The first-order valence-electron chi connectivity index (χ1n) is 10.5. The molecule has 154 valence electrons. The zero-order chi connectivity index (χ0) is 20.2. The van der Waals surface area contributed by atoms with Crippen molar-refractivity contribution in [3.05, 3.63) is 69.1 Å². The van der Waals surface area contributed by atoms with Gasteiger partial charge in [-0.3, -0.25) is 14.5 Å². The molecule has 29 heavy (non-hydrogen) atoms. The van der Waals surface area contributed by atoms with Gasteiger partial charge in [-0.05, 0) is 42.5 Å². The number of nitrogens with zero attached hydrogens (tertiary/aromatic N) is 3. The summed E-state index contributed by atoms with van der Waals surface area (Å²) < 4.78 is 7.07. The number of rotatable bonds is 4. The summed E-state index contributed by atoms with van der Waals surface area (Å²) in [4.78, 5) is 30.6. The summed E-state index contributed by atoms with van der Waals surface area (Å²) >= 11 is 0. The molecule has 1 aromatic heterocycles. The SMILES string of the molecule is Cc1ccn(CCN2CCOCC2)c(=O)c1C(=O)N1CCCc2ccccc2C1. The Morgan fingerprint density at radius 2 is 1.79 bits per heavy atom. The van der Waals surface area contributed by atoms with Crippen LogP contribution in [0, 0.1) is 6.92 Å². The number of fused-ring (bicyclic) bond motifs is 1. The molecule has 0 spiro atoms. The number of amides is 1. The molecule has 0 N–H and O–H groups in total. The minimum atomic E-state index is -0.180. The van der Waals surface area contributed by atoms with E-state index in [1.54, 1.807) is 4.57 Å². The van der Waals surface area contributed by atoms with Crippen molar-refractivity contribution in [1.82, 2.24) is 14.4 Å². The number of carbonyl (C=O) groups is 1. The van der Waals surface area contributed by atoms with Crippen molar-refractivity contribution >= 4 is 5.91 Å². The Bertz CT molecular complexity index is 931. The number of morpholine rings is 1. The summed E-state index contributed by atoms with van der Waals surface area (Å²) in [6.45, 7) is 7.72. The van der Waals surface area contributed by atoms with Crippen molar-refractivity contribution in [2.75, 3.05) is 39.4 Å². The van der Waals surface area contributed by atoms with Crippen LogP contribution < -0.4 is 5.56 Å². The Morgan fingerprint density at radius 3 is 2.59 bits per heavy atom. The minimum absolute atomic E-state index is 0.148. The molecule has 1 fully saturated rings. The van der Waals surface area contributed by atoms with Gasteiger partial charge in [0, 0.05) is 45.5 Å². The van der Waals surface area contributed by atoms with E-state index in [1.165, 1.54) is 11.1 Å². The van der Waals surface area contributed by atoms with Gasteiger partial charge < -0.3 is 14.2 Å². The molecule has 1 aromatic carbocycles. The topological polar surface area (TPSA) is 54.8 Å². The van der Waals surface area contributed by atoms with Crippen LogP contribution in [-0.2, 0) is 24.2 Å². The largest absolute Gasteiger partial charge is 0.379 e.